The molecular weight excluding hydrogens is 272 g/mol. The number of halogens is 3. The minimum atomic E-state index is -1.14. The summed E-state index contributed by atoms with van der Waals surface area (Å²) in [6, 6.07) is -0.314. The van der Waals surface area contributed by atoms with Crippen LogP contribution < -0.4 is 5.73 Å². The van der Waals surface area contributed by atoms with Gasteiger partial charge in [0.25, 0.3) is 0 Å². The molecule has 0 aliphatic carbocycles. The number of carbonyl (C=O) groups excluding carboxylic acids is 1. The first-order chi connectivity index (χ1) is 6.86. The Morgan fingerprint density at radius 1 is 1.60 bits per heavy atom. The number of rotatable bonds is 2. The van der Waals surface area contributed by atoms with Crippen molar-refractivity contribution >= 4 is 21.7 Å². The molecule has 0 saturated carbocycles. The maximum absolute atomic E-state index is 13.4. The van der Waals surface area contributed by atoms with E-state index in [2.05, 4.69) is 15.9 Å². The predicted octanol–water partition coefficient (Wildman–Crippen LogP) is 1.96. The smallest absolute Gasteiger partial charge is 0.185 e. The zero-order chi connectivity index (χ0) is 11.7. The van der Waals surface area contributed by atoms with E-state index in [1.165, 1.54) is 6.92 Å². The number of hydrogen-bond donors (Lipinski definition) is 2. The zero-order valence-electron chi connectivity index (χ0n) is 7.72. The van der Waals surface area contributed by atoms with Crippen molar-refractivity contribution in [2.75, 3.05) is 0 Å². The van der Waals surface area contributed by atoms with Gasteiger partial charge in [-0.3, -0.25) is 4.79 Å². The molecule has 1 atom stereocenters. The fraction of sp³-hybridized carbons (Fsp3) is 0.222. The average Bonchev–Trinajstić information content (AvgIpc) is 2.14. The molecule has 0 bridgehead atoms. The van der Waals surface area contributed by atoms with Gasteiger partial charge >= 0.3 is 0 Å². The van der Waals surface area contributed by atoms with Gasteiger partial charge in [0.15, 0.2) is 11.6 Å². The highest BCUT2D eigenvalue weighted by Crippen LogP contribution is 2.30. The third kappa shape index (κ3) is 2.15. The summed E-state index contributed by atoms with van der Waals surface area (Å²) in [5.41, 5.74) is 4.66. The van der Waals surface area contributed by atoms with Gasteiger partial charge in [-0.05, 0) is 22.9 Å². The van der Waals surface area contributed by atoms with Gasteiger partial charge in [0, 0.05) is 6.07 Å². The molecule has 0 heterocycles. The minimum absolute atomic E-state index is 0.496. The Morgan fingerprint density at radius 2 is 2.13 bits per heavy atom. The summed E-state index contributed by atoms with van der Waals surface area (Å²) in [6.07, 6.45) is 0. The molecule has 0 spiro atoms. The second kappa shape index (κ2) is 4.24. The maximum Gasteiger partial charge on any atom is 0.185 e. The molecule has 0 fully saturated rings. The van der Waals surface area contributed by atoms with Crippen molar-refractivity contribution in [3.8, 4) is 5.75 Å². The van der Waals surface area contributed by atoms with Gasteiger partial charge in [-0.1, -0.05) is 0 Å². The molecular formula is C9H8BrF2NO2. The van der Waals surface area contributed by atoms with Crippen molar-refractivity contribution in [3.05, 3.63) is 27.7 Å². The van der Waals surface area contributed by atoms with Crippen LogP contribution in [0.25, 0.3) is 0 Å². The van der Waals surface area contributed by atoms with Crippen LogP contribution in [0.3, 0.4) is 0 Å². The highest BCUT2D eigenvalue weighted by Gasteiger charge is 2.24. The van der Waals surface area contributed by atoms with E-state index in [0.29, 0.717) is 6.07 Å². The summed E-state index contributed by atoms with van der Waals surface area (Å²) in [5, 5.41) is 9.24. The number of ketones is 1. The van der Waals surface area contributed by atoms with Crippen molar-refractivity contribution in [1.29, 1.82) is 0 Å². The maximum atomic E-state index is 13.4. The molecule has 0 aliphatic heterocycles. The number of hydrogen-bond acceptors (Lipinski definition) is 3. The highest BCUT2D eigenvalue weighted by molar-refractivity contribution is 9.10. The lowest BCUT2D eigenvalue weighted by atomic mass is 10.0. The Labute approximate surface area is 93.0 Å². The third-order valence-corrected chi connectivity index (χ3v) is 2.53. The molecule has 82 valence electrons. The Morgan fingerprint density at radius 3 is 2.60 bits per heavy atom. The molecule has 6 heteroatoms. The van der Waals surface area contributed by atoms with E-state index in [4.69, 9.17) is 5.73 Å². The van der Waals surface area contributed by atoms with Gasteiger partial charge in [0.05, 0.1) is 16.1 Å². The molecule has 1 rings (SSSR count). The molecule has 15 heavy (non-hydrogen) atoms. The summed E-state index contributed by atoms with van der Waals surface area (Å²) in [6.45, 7) is 1.35. The lowest BCUT2D eigenvalue weighted by Crippen LogP contribution is -2.27. The van der Waals surface area contributed by atoms with E-state index in [0.717, 1.165) is 0 Å². The van der Waals surface area contributed by atoms with Crippen LogP contribution in [0, 0.1) is 11.6 Å². The van der Waals surface area contributed by atoms with Gasteiger partial charge in [-0.25, -0.2) is 8.78 Å². The average molecular weight is 280 g/mol. The second-order valence-electron chi connectivity index (χ2n) is 3.03. The van der Waals surface area contributed by atoms with Crippen LogP contribution in [0.2, 0.25) is 0 Å². The number of phenols is 1. The number of nitrogens with two attached hydrogens (primary N) is 1. The summed E-state index contributed by atoms with van der Waals surface area (Å²) in [5.74, 6) is -3.66. The molecule has 0 aromatic heterocycles. The summed E-state index contributed by atoms with van der Waals surface area (Å²) in [4.78, 5) is 11.4. The first kappa shape index (κ1) is 12.1. The molecule has 1 aromatic carbocycles. The largest absolute Gasteiger partial charge is 0.507 e. The third-order valence-electron chi connectivity index (χ3n) is 1.80. The van der Waals surface area contributed by atoms with Crippen molar-refractivity contribution < 1.29 is 18.7 Å². The lowest BCUT2D eigenvalue weighted by Gasteiger charge is -2.09. The molecule has 0 saturated heterocycles. The van der Waals surface area contributed by atoms with E-state index < -0.39 is 39.2 Å². The predicted molar refractivity (Wildman–Crippen MR) is 53.7 cm³/mol. The van der Waals surface area contributed by atoms with Gasteiger partial charge < -0.3 is 10.8 Å². The van der Waals surface area contributed by atoms with Gasteiger partial charge in [0.1, 0.15) is 11.6 Å². The molecule has 1 unspecified atom stereocenters. The monoisotopic (exact) mass is 279 g/mol. The molecule has 0 radical (unpaired) electrons. The Kier molecular flexibility index (Phi) is 3.41. The number of phenolic OH excluding ortho intramolecular Hbond substituents is 1. The summed E-state index contributed by atoms with van der Waals surface area (Å²) >= 11 is 2.63. The summed E-state index contributed by atoms with van der Waals surface area (Å²) in [7, 11) is 0. The fourth-order valence-corrected chi connectivity index (χ4v) is 1.36. The molecule has 0 aliphatic rings. The van der Waals surface area contributed by atoms with Crippen molar-refractivity contribution in [1.82, 2.24) is 0 Å². The molecule has 3 N–H and O–H groups in total. The van der Waals surface area contributed by atoms with E-state index in [1.54, 1.807) is 0 Å². The lowest BCUT2D eigenvalue weighted by molar-refractivity contribution is 0.0961. The molecule has 1 aromatic rings. The van der Waals surface area contributed by atoms with E-state index in [-0.39, 0.29) is 0 Å². The normalized spacial score (nSPS) is 12.6. The van der Waals surface area contributed by atoms with Gasteiger partial charge in [0.2, 0.25) is 0 Å². The van der Waals surface area contributed by atoms with Crippen molar-refractivity contribution in [3.63, 3.8) is 0 Å². The van der Waals surface area contributed by atoms with E-state index >= 15 is 0 Å². The first-order valence-electron chi connectivity index (χ1n) is 4.02. The first-order valence-corrected chi connectivity index (χ1v) is 4.81. The zero-order valence-corrected chi connectivity index (χ0v) is 9.31. The number of aromatic hydroxyl groups is 1. The van der Waals surface area contributed by atoms with Crippen molar-refractivity contribution in [2.45, 2.75) is 13.0 Å². The quantitative estimate of drug-likeness (QED) is 0.643. The van der Waals surface area contributed by atoms with Crippen LogP contribution in [0.1, 0.15) is 17.3 Å². The SMILES string of the molecule is CC(N)C(=O)c1c(O)cc(F)c(Br)c1F. The van der Waals surface area contributed by atoms with Crippen molar-refractivity contribution in [2.24, 2.45) is 5.73 Å². The highest BCUT2D eigenvalue weighted by atomic mass is 79.9. The Bertz CT molecular complexity index is 421. The fourth-order valence-electron chi connectivity index (χ4n) is 1.04. The molecule has 0 amide bonds. The van der Waals surface area contributed by atoms with Crippen LogP contribution in [-0.2, 0) is 0 Å². The van der Waals surface area contributed by atoms with Gasteiger partial charge in [-0.15, -0.1) is 0 Å². The summed E-state index contributed by atoms with van der Waals surface area (Å²) < 4.78 is 25.8. The Balaban J connectivity index is 3.43. The number of benzene rings is 1. The van der Waals surface area contributed by atoms with E-state index in [9.17, 15) is 18.7 Å². The Hall–Kier alpha value is -1.01. The number of carbonyl (C=O) groups is 1. The van der Waals surface area contributed by atoms with Crippen LogP contribution >= 0.6 is 15.9 Å². The minimum Gasteiger partial charge on any atom is -0.507 e. The van der Waals surface area contributed by atoms with E-state index in [1.807, 2.05) is 0 Å². The van der Waals surface area contributed by atoms with Gasteiger partial charge in [-0.2, -0.15) is 0 Å². The van der Waals surface area contributed by atoms with Crippen LogP contribution in [0.15, 0.2) is 10.5 Å². The topological polar surface area (TPSA) is 63.3 Å². The standard InChI is InChI=1S/C9H8BrF2NO2/c1-3(13)9(15)6-5(14)2-4(11)7(10)8(6)12/h2-3,14H,13H2,1H3. The van der Waals surface area contributed by atoms with Crippen LogP contribution in [0.4, 0.5) is 8.78 Å². The van der Waals surface area contributed by atoms with Crippen LogP contribution in [0.5, 0.6) is 5.75 Å². The molecule has 3 nitrogen and oxygen atoms in total. The second-order valence-corrected chi connectivity index (χ2v) is 3.83. The van der Waals surface area contributed by atoms with Crippen LogP contribution in [-0.4, -0.2) is 16.9 Å². The number of Topliss-reactive ketones (excluding diaryl/α,β-unsaturated/α-hetero) is 1.